The Morgan fingerprint density at radius 2 is 2.04 bits per heavy atom. The Hall–Kier alpha value is -2.60. The molecule has 3 rings (SSSR count). The fourth-order valence-electron chi connectivity index (χ4n) is 2.08. The molecule has 0 aliphatic heterocycles. The van der Waals surface area contributed by atoms with Crippen molar-refractivity contribution in [2.24, 2.45) is 0 Å². The van der Waals surface area contributed by atoms with Gasteiger partial charge in [0.05, 0.1) is 16.5 Å². The van der Waals surface area contributed by atoms with Crippen molar-refractivity contribution in [1.29, 1.82) is 0 Å². The van der Waals surface area contributed by atoms with Crippen LogP contribution in [0.5, 0.6) is 5.75 Å². The summed E-state index contributed by atoms with van der Waals surface area (Å²) in [5.41, 5.74) is 1.04. The van der Waals surface area contributed by atoms with Crippen LogP contribution in [0.15, 0.2) is 52.4 Å². The van der Waals surface area contributed by atoms with Crippen LogP contribution in [-0.2, 0) is 11.3 Å². The van der Waals surface area contributed by atoms with Gasteiger partial charge in [-0.3, -0.25) is 0 Å². The van der Waals surface area contributed by atoms with Gasteiger partial charge in [0.15, 0.2) is 5.76 Å². The average molecular weight is 343 g/mol. The van der Waals surface area contributed by atoms with Crippen molar-refractivity contribution in [3.05, 3.63) is 59.1 Å². The van der Waals surface area contributed by atoms with E-state index in [0.29, 0.717) is 17.0 Å². The molecule has 0 atom stereocenters. The van der Waals surface area contributed by atoms with Gasteiger partial charge in [0.25, 0.3) is 0 Å². The number of ether oxygens (including phenoxy) is 2. The quantitative estimate of drug-likeness (QED) is 0.615. The molecule has 0 aliphatic rings. The number of carbonyl (C=O) groups is 1. The highest BCUT2D eigenvalue weighted by Gasteiger charge is 2.12. The zero-order valence-electron chi connectivity index (χ0n) is 13.4. The smallest absolute Gasteiger partial charge is 0.338 e. The minimum absolute atomic E-state index is 0.0674. The summed E-state index contributed by atoms with van der Waals surface area (Å²) < 4.78 is 16.1. The molecule has 3 aromatic rings. The maximum absolute atomic E-state index is 12.1. The molecular weight excluding hydrogens is 326 g/mol. The van der Waals surface area contributed by atoms with E-state index >= 15 is 0 Å². The van der Waals surface area contributed by atoms with Gasteiger partial charge >= 0.3 is 5.97 Å². The van der Waals surface area contributed by atoms with Crippen LogP contribution >= 0.6 is 11.3 Å². The number of carbonyl (C=O) groups excluding carboxylic acids is 1. The lowest BCUT2D eigenvalue weighted by molar-refractivity contribution is 0.0464. The zero-order chi connectivity index (χ0) is 16.9. The Morgan fingerprint density at radius 1 is 1.25 bits per heavy atom. The summed E-state index contributed by atoms with van der Waals surface area (Å²) in [6.07, 6.45) is 0.0903. The molecular formula is C18H17NO4S. The lowest BCUT2D eigenvalue weighted by Gasteiger charge is -2.09. The first-order valence-corrected chi connectivity index (χ1v) is 8.43. The maximum atomic E-state index is 12.1. The van der Waals surface area contributed by atoms with Gasteiger partial charge in [-0.05, 0) is 49.6 Å². The van der Waals surface area contributed by atoms with Crippen LogP contribution in [-0.4, -0.2) is 17.2 Å². The SMILES string of the molecule is CC(C)Oc1ccc(C(=O)OCc2cc(-c3cccs3)on2)cc1. The number of hydrogen-bond donors (Lipinski definition) is 0. The summed E-state index contributed by atoms with van der Waals surface area (Å²) in [7, 11) is 0. The first-order chi connectivity index (χ1) is 11.6. The van der Waals surface area contributed by atoms with E-state index < -0.39 is 5.97 Å². The number of benzene rings is 1. The third kappa shape index (κ3) is 4.02. The molecule has 0 saturated carbocycles. The second-order valence-electron chi connectivity index (χ2n) is 5.43. The van der Waals surface area contributed by atoms with E-state index in [4.69, 9.17) is 14.0 Å². The standard InChI is InChI=1S/C18H17NO4S/c1-12(2)22-15-7-5-13(6-8-15)18(20)21-11-14-10-16(23-19-14)17-4-3-9-24-17/h3-10,12H,11H2,1-2H3. The fraction of sp³-hybridized carbons (Fsp3) is 0.222. The molecule has 0 amide bonds. The van der Waals surface area contributed by atoms with Gasteiger partial charge in [0.1, 0.15) is 18.1 Å². The van der Waals surface area contributed by atoms with Crippen molar-refractivity contribution < 1.29 is 18.8 Å². The monoisotopic (exact) mass is 343 g/mol. The predicted molar refractivity (Wildman–Crippen MR) is 91.1 cm³/mol. The van der Waals surface area contributed by atoms with Crippen molar-refractivity contribution in [1.82, 2.24) is 5.16 Å². The molecule has 0 radical (unpaired) electrons. The molecule has 0 unspecified atom stereocenters. The lowest BCUT2D eigenvalue weighted by atomic mass is 10.2. The molecule has 1 aromatic carbocycles. The molecule has 0 fully saturated rings. The molecule has 24 heavy (non-hydrogen) atoms. The van der Waals surface area contributed by atoms with Gasteiger partial charge in [0.2, 0.25) is 0 Å². The Bertz CT molecular complexity index is 791. The van der Waals surface area contributed by atoms with Gasteiger partial charge in [-0.15, -0.1) is 11.3 Å². The minimum Gasteiger partial charge on any atom is -0.491 e. The predicted octanol–water partition coefficient (Wildman–Crippen LogP) is 4.55. The van der Waals surface area contributed by atoms with Crippen LogP contribution in [0, 0.1) is 0 Å². The molecule has 0 spiro atoms. The summed E-state index contributed by atoms with van der Waals surface area (Å²) in [5.74, 6) is 0.983. The Kier molecular flexibility index (Phi) is 4.96. The zero-order valence-corrected chi connectivity index (χ0v) is 14.2. The van der Waals surface area contributed by atoms with Crippen molar-refractivity contribution in [2.45, 2.75) is 26.6 Å². The minimum atomic E-state index is -0.410. The molecule has 2 aromatic heterocycles. The Morgan fingerprint density at radius 3 is 2.71 bits per heavy atom. The number of nitrogens with zero attached hydrogens (tertiary/aromatic N) is 1. The van der Waals surface area contributed by atoms with Crippen LogP contribution in [0.4, 0.5) is 0 Å². The molecule has 124 valence electrons. The summed E-state index contributed by atoms with van der Waals surface area (Å²) in [5, 5.41) is 5.88. The second-order valence-corrected chi connectivity index (χ2v) is 6.37. The van der Waals surface area contributed by atoms with E-state index in [2.05, 4.69) is 5.16 Å². The molecule has 0 N–H and O–H groups in total. The van der Waals surface area contributed by atoms with Crippen LogP contribution in [0.3, 0.4) is 0 Å². The summed E-state index contributed by atoms with van der Waals surface area (Å²) in [6.45, 7) is 3.97. The van der Waals surface area contributed by atoms with Gasteiger partial charge in [-0.25, -0.2) is 4.79 Å². The molecule has 0 bridgehead atoms. The van der Waals surface area contributed by atoms with Crippen molar-refractivity contribution in [2.75, 3.05) is 0 Å². The van der Waals surface area contributed by atoms with Gasteiger partial charge in [-0.2, -0.15) is 0 Å². The fourth-order valence-corrected chi connectivity index (χ4v) is 2.75. The highest BCUT2D eigenvalue weighted by Crippen LogP contribution is 2.25. The van der Waals surface area contributed by atoms with Gasteiger partial charge in [0, 0.05) is 6.07 Å². The molecule has 0 aliphatic carbocycles. The number of rotatable bonds is 6. The molecule has 5 nitrogen and oxygen atoms in total. The normalized spacial score (nSPS) is 10.8. The Labute approximate surface area is 143 Å². The Balaban J connectivity index is 1.57. The van der Waals surface area contributed by atoms with E-state index in [9.17, 15) is 4.79 Å². The van der Waals surface area contributed by atoms with Crippen LogP contribution < -0.4 is 4.74 Å². The van der Waals surface area contributed by atoms with Gasteiger partial charge in [-0.1, -0.05) is 11.2 Å². The largest absolute Gasteiger partial charge is 0.491 e. The number of aromatic nitrogens is 1. The third-order valence-electron chi connectivity index (χ3n) is 3.14. The lowest BCUT2D eigenvalue weighted by Crippen LogP contribution is -2.07. The average Bonchev–Trinajstić information content (AvgIpc) is 3.24. The van der Waals surface area contributed by atoms with Crippen molar-refractivity contribution in [3.8, 4) is 16.4 Å². The third-order valence-corrected chi connectivity index (χ3v) is 4.02. The van der Waals surface area contributed by atoms with Crippen LogP contribution in [0.25, 0.3) is 10.6 Å². The topological polar surface area (TPSA) is 61.6 Å². The number of esters is 1. The molecule has 2 heterocycles. The van der Waals surface area contributed by atoms with E-state index in [-0.39, 0.29) is 12.7 Å². The summed E-state index contributed by atoms with van der Waals surface area (Å²) in [4.78, 5) is 13.1. The highest BCUT2D eigenvalue weighted by molar-refractivity contribution is 7.13. The second kappa shape index (κ2) is 7.31. The van der Waals surface area contributed by atoms with E-state index in [0.717, 1.165) is 10.6 Å². The van der Waals surface area contributed by atoms with Gasteiger partial charge < -0.3 is 14.0 Å². The van der Waals surface area contributed by atoms with Crippen molar-refractivity contribution in [3.63, 3.8) is 0 Å². The highest BCUT2D eigenvalue weighted by atomic mass is 32.1. The van der Waals surface area contributed by atoms with Crippen LogP contribution in [0.2, 0.25) is 0 Å². The van der Waals surface area contributed by atoms with E-state index in [1.165, 1.54) is 0 Å². The number of hydrogen-bond acceptors (Lipinski definition) is 6. The maximum Gasteiger partial charge on any atom is 0.338 e. The molecule has 0 saturated heterocycles. The van der Waals surface area contributed by atoms with E-state index in [1.807, 2.05) is 31.4 Å². The van der Waals surface area contributed by atoms with Crippen LogP contribution in [0.1, 0.15) is 29.9 Å². The summed E-state index contributed by atoms with van der Waals surface area (Å²) >= 11 is 1.56. The first kappa shape index (κ1) is 16.3. The first-order valence-electron chi connectivity index (χ1n) is 7.55. The molecule has 6 heteroatoms. The number of thiophene rings is 1. The summed E-state index contributed by atoms with van der Waals surface area (Å²) in [6, 6.07) is 12.5. The van der Waals surface area contributed by atoms with E-state index in [1.54, 1.807) is 41.7 Å². The van der Waals surface area contributed by atoms with Crippen molar-refractivity contribution >= 4 is 17.3 Å².